The Morgan fingerprint density at radius 3 is 2.50 bits per heavy atom. The summed E-state index contributed by atoms with van der Waals surface area (Å²) in [4.78, 5) is 24.5. The van der Waals surface area contributed by atoms with Crippen molar-refractivity contribution in [1.29, 1.82) is 0 Å². The first-order chi connectivity index (χ1) is 13.3. The van der Waals surface area contributed by atoms with Crippen LogP contribution in [0, 0.1) is 13.8 Å². The second-order valence-corrected chi connectivity index (χ2v) is 9.70. The van der Waals surface area contributed by atoms with Crippen LogP contribution >= 0.6 is 0 Å². The summed E-state index contributed by atoms with van der Waals surface area (Å²) in [5, 5.41) is 5.37. The second-order valence-electron chi connectivity index (χ2n) is 7.85. The standard InChI is InChI=1S/C20H29N3O4S/c1-14-9-10-15(2)18(12-14)28(26,27)23-11-5-8-17(23)13-21-19(24)20(25)22-16-6-3-4-7-16/h9-10,12,16-17H,3-8,11,13H2,1-2H3,(H,21,24)(H,22,25). The molecule has 0 spiro atoms. The average Bonchev–Trinajstić information content (AvgIpc) is 3.33. The number of carbonyl (C=O) groups is 2. The number of benzene rings is 1. The molecule has 2 fully saturated rings. The van der Waals surface area contributed by atoms with Crippen molar-refractivity contribution in [2.75, 3.05) is 13.1 Å². The fraction of sp³-hybridized carbons (Fsp3) is 0.600. The molecule has 1 saturated carbocycles. The van der Waals surface area contributed by atoms with Crippen LogP contribution in [-0.4, -0.2) is 49.7 Å². The van der Waals surface area contributed by atoms with E-state index in [0.29, 0.717) is 23.4 Å². The Balaban J connectivity index is 1.63. The molecular weight excluding hydrogens is 378 g/mol. The first-order valence-electron chi connectivity index (χ1n) is 9.97. The first kappa shape index (κ1) is 20.8. The van der Waals surface area contributed by atoms with Gasteiger partial charge >= 0.3 is 11.8 Å². The van der Waals surface area contributed by atoms with Gasteiger partial charge in [0.1, 0.15) is 0 Å². The molecule has 1 saturated heterocycles. The van der Waals surface area contributed by atoms with Gasteiger partial charge in [0.15, 0.2) is 0 Å². The zero-order valence-corrected chi connectivity index (χ0v) is 17.3. The van der Waals surface area contributed by atoms with E-state index in [0.717, 1.165) is 37.7 Å². The van der Waals surface area contributed by atoms with Crippen LogP contribution in [0.15, 0.2) is 23.1 Å². The number of hydrogen-bond donors (Lipinski definition) is 2. The fourth-order valence-electron chi connectivity index (χ4n) is 4.05. The van der Waals surface area contributed by atoms with Crippen molar-refractivity contribution in [2.24, 2.45) is 0 Å². The minimum atomic E-state index is -3.65. The van der Waals surface area contributed by atoms with Crippen LogP contribution in [0.1, 0.15) is 49.7 Å². The normalized spacial score (nSPS) is 21.0. The third kappa shape index (κ3) is 4.55. The van der Waals surface area contributed by atoms with Crippen LogP contribution in [0.3, 0.4) is 0 Å². The lowest BCUT2D eigenvalue weighted by Gasteiger charge is -2.25. The molecule has 0 bridgehead atoms. The van der Waals surface area contributed by atoms with Crippen LogP contribution in [-0.2, 0) is 19.6 Å². The highest BCUT2D eigenvalue weighted by Gasteiger charge is 2.36. The number of rotatable bonds is 5. The van der Waals surface area contributed by atoms with E-state index in [1.54, 1.807) is 13.0 Å². The van der Waals surface area contributed by atoms with Crippen molar-refractivity contribution in [3.8, 4) is 0 Å². The van der Waals surface area contributed by atoms with Gasteiger partial charge in [-0.05, 0) is 56.7 Å². The van der Waals surface area contributed by atoms with Gasteiger partial charge in [-0.2, -0.15) is 4.31 Å². The van der Waals surface area contributed by atoms with E-state index in [1.165, 1.54) is 4.31 Å². The van der Waals surface area contributed by atoms with E-state index in [4.69, 9.17) is 0 Å². The van der Waals surface area contributed by atoms with Gasteiger partial charge in [-0.15, -0.1) is 0 Å². The molecule has 1 aliphatic heterocycles. The smallest absolute Gasteiger partial charge is 0.309 e. The van der Waals surface area contributed by atoms with Gasteiger partial charge in [0.2, 0.25) is 10.0 Å². The minimum absolute atomic E-state index is 0.0749. The monoisotopic (exact) mass is 407 g/mol. The van der Waals surface area contributed by atoms with Gasteiger partial charge in [-0.3, -0.25) is 9.59 Å². The van der Waals surface area contributed by atoms with Crippen LogP contribution in [0.2, 0.25) is 0 Å². The predicted molar refractivity (Wildman–Crippen MR) is 106 cm³/mol. The molecule has 2 N–H and O–H groups in total. The molecule has 2 amide bonds. The van der Waals surface area contributed by atoms with Crippen molar-refractivity contribution in [3.05, 3.63) is 29.3 Å². The zero-order valence-electron chi connectivity index (χ0n) is 16.5. The topological polar surface area (TPSA) is 95.6 Å². The highest BCUT2D eigenvalue weighted by molar-refractivity contribution is 7.89. The maximum absolute atomic E-state index is 13.2. The largest absolute Gasteiger partial charge is 0.346 e. The Labute approximate surface area is 166 Å². The lowest BCUT2D eigenvalue weighted by Crippen LogP contribution is -2.48. The zero-order chi connectivity index (χ0) is 20.3. The summed E-state index contributed by atoms with van der Waals surface area (Å²) < 4.78 is 27.8. The summed E-state index contributed by atoms with van der Waals surface area (Å²) in [6.07, 6.45) is 5.35. The summed E-state index contributed by atoms with van der Waals surface area (Å²) >= 11 is 0. The van der Waals surface area contributed by atoms with E-state index in [1.807, 2.05) is 19.1 Å². The minimum Gasteiger partial charge on any atom is -0.346 e. The van der Waals surface area contributed by atoms with E-state index in [-0.39, 0.29) is 18.6 Å². The molecule has 1 aromatic rings. The molecule has 7 nitrogen and oxygen atoms in total. The molecule has 8 heteroatoms. The highest BCUT2D eigenvalue weighted by Crippen LogP contribution is 2.28. The van der Waals surface area contributed by atoms with Crippen LogP contribution in [0.4, 0.5) is 0 Å². The van der Waals surface area contributed by atoms with Gasteiger partial charge in [-0.1, -0.05) is 25.0 Å². The summed E-state index contributed by atoms with van der Waals surface area (Å²) in [5.41, 5.74) is 1.59. The SMILES string of the molecule is Cc1ccc(C)c(S(=O)(=O)N2CCCC2CNC(=O)C(=O)NC2CCCC2)c1. The Bertz CT molecular complexity index is 847. The molecular formula is C20H29N3O4S. The number of amides is 2. The third-order valence-corrected chi connectivity index (χ3v) is 7.74. The first-order valence-corrected chi connectivity index (χ1v) is 11.4. The lowest BCUT2D eigenvalue weighted by molar-refractivity contribution is -0.139. The van der Waals surface area contributed by atoms with Gasteiger partial charge in [-0.25, -0.2) is 8.42 Å². The van der Waals surface area contributed by atoms with E-state index >= 15 is 0 Å². The molecule has 28 heavy (non-hydrogen) atoms. The molecule has 0 aromatic heterocycles. The Kier molecular flexibility index (Phi) is 6.40. The molecule has 1 aliphatic carbocycles. The number of carbonyl (C=O) groups excluding carboxylic acids is 2. The van der Waals surface area contributed by atoms with Gasteiger partial charge in [0.05, 0.1) is 4.90 Å². The summed E-state index contributed by atoms with van der Waals surface area (Å²) in [6.45, 7) is 4.21. The molecule has 1 atom stereocenters. The fourth-order valence-corrected chi connectivity index (χ4v) is 6.06. The van der Waals surface area contributed by atoms with Crippen molar-refractivity contribution in [1.82, 2.24) is 14.9 Å². The molecule has 0 radical (unpaired) electrons. The molecule has 3 rings (SSSR count). The number of nitrogens with zero attached hydrogens (tertiary/aromatic N) is 1. The summed E-state index contributed by atoms with van der Waals surface area (Å²) in [5.74, 6) is -1.32. The number of nitrogens with one attached hydrogen (secondary N) is 2. The molecule has 2 aliphatic rings. The van der Waals surface area contributed by atoms with Gasteiger partial charge in [0.25, 0.3) is 0 Å². The van der Waals surface area contributed by atoms with E-state index in [9.17, 15) is 18.0 Å². The Hall–Kier alpha value is -1.93. The Morgan fingerprint density at radius 1 is 1.07 bits per heavy atom. The summed E-state index contributed by atoms with van der Waals surface area (Å²) in [6, 6.07) is 5.12. The molecule has 1 aromatic carbocycles. The number of aryl methyl sites for hydroxylation is 2. The molecule has 1 heterocycles. The van der Waals surface area contributed by atoms with Crippen LogP contribution < -0.4 is 10.6 Å². The number of hydrogen-bond acceptors (Lipinski definition) is 4. The van der Waals surface area contributed by atoms with Crippen LogP contribution in [0.5, 0.6) is 0 Å². The predicted octanol–water partition coefficient (Wildman–Crippen LogP) is 1.63. The van der Waals surface area contributed by atoms with Gasteiger partial charge in [0, 0.05) is 25.2 Å². The lowest BCUT2D eigenvalue weighted by atomic mass is 10.2. The number of sulfonamides is 1. The van der Waals surface area contributed by atoms with Crippen LogP contribution in [0.25, 0.3) is 0 Å². The molecule has 154 valence electrons. The maximum Gasteiger partial charge on any atom is 0.309 e. The highest BCUT2D eigenvalue weighted by atomic mass is 32.2. The van der Waals surface area contributed by atoms with Crippen molar-refractivity contribution in [3.63, 3.8) is 0 Å². The summed E-state index contributed by atoms with van der Waals surface area (Å²) in [7, 11) is -3.65. The third-order valence-electron chi connectivity index (χ3n) is 5.65. The van der Waals surface area contributed by atoms with E-state index in [2.05, 4.69) is 10.6 Å². The Morgan fingerprint density at radius 2 is 1.79 bits per heavy atom. The quantitative estimate of drug-likeness (QED) is 0.725. The second kappa shape index (κ2) is 8.61. The maximum atomic E-state index is 13.2. The van der Waals surface area contributed by atoms with E-state index < -0.39 is 21.8 Å². The molecule has 1 unspecified atom stereocenters. The van der Waals surface area contributed by atoms with Gasteiger partial charge < -0.3 is 10.6 Å². The average molecular weight is 408 g/mol. The van der Waals surface area contributed by atoms with Crippen molar-refractivity contribution < 1.29 is 18.0 Å². The van der Waals surface area contributed by atoms with Crippen molar-refractivity contribution >= 4 is 21.8 Å². The van der Waals surface area contributed by atoms with Crippen molar-refractivity contribution in [2.45, 2.75) is 69.4 Å².